The van der Waals surface area contributed by atoms with E-state index in [2.05, 4.69) is 28.2 Å². The number of rotatable bonds is 8. The number of sulfone groups is 1. The molecule has 1 N–H and O–H groups in total. The summed E-state index contributed by atoms with van der Waals surface area (Å²) in [5.41, 5.74) is 3.62. The monoisotopic (exact) mass is 495 g/mol. The molecule has 3 heterocycles. The van der Waals surface area contributed by atoms with Crippen molar-refractivity contribution in [3.05, 3.63) is 77.3 Å². The third-order valence-electron chi connectivity index (χ3n) is 6.25. The lowest BCUT2D eigenvalue weighted by atomic mass is 10.0. The second-order valence-electron chi connectivity index (χ2n) is 8.60. The Morgan fingerprint density at radius 2 is 2.00 bits per heavy atom. The molecule has 2 unspecified atom stereocenters. The van der Waals surface area contributed by atoms with Crippen molar-refractivity contribution >= 4 is 38.3 Å². The van der Waals surface area contributed by atoms with Gasteiger partial charge in [-0.1, -0.05) is 55.5 Å². The Labute approximate surface area is 202 Å². The van der Waals surface area contributed by atoms with E-state index in [-0.39, 0.29) is 23.2 Å². The third-order valence-corrected chi connectivity index (χ3v) is 9.17. The molecule has 4 aromatic rings. The van der Waals surface area contributed by atoms with Crippen molar-refractivity contribution < 1.29 is 17.6 Å². The molecule has 176 valence electrons. The Morgan fingerprint density at radius 1 is 1.18 bits per heavy atom. The summed E-state index contributed by atoms with van der Waals surface area (Å²) in [7, 11) is -2.97. The summed E-state index contributed by atoms with van der Waals surface area (Å²) in [6, 6.07) is 15.6. The average molecular weight is 496 g/mol. The van der Waals surface area contributed by atoms with Crippen LogP contribution in [-0.4, -0.2) is 40.9 Å². The third kappa shape index (κ3) is 4.67. The van der Waals surface area contributed by atoms with E-state index >= 15 is 0 Å². The van der Waals surface area contributed by atoms with Crippen molar-refractivity contribution in [1.29, 1.82) is 0 Å². The summed E-state index contributed by atoms with van der Waals surface area (Å²) < 4.78 is 29.3. The van der Waals surface area contributed by atoms with Gasteiger partial charge in [0.05, 0.1) is 11.5 Å². The Bertz CT molecular complexity index is 1430. The van der Waals surface area contributed by atoms with Crippen molar-refractivity contribution in [2.45, 2.75) is 36.7 Å². The van der Waals surface area contributed by atoms with Crippen molar-refractivity contribution in [3.63, 3.8) is 0 Å². The number of Topliss-reactive ketones (excluding diaryl/α,β-unsaturated/α-hetero) is 1. The lowest BCUT2D eigenvalue weighted by molar-refractivity contribution is 0.0990. The predicted molar refractivity (Wildman–Crippen MR) is 132 cm³/mol. The van der Waals surface area contributed by atoms with E-state index in [0.29, 0.717) is 29.5 Å². The highest BCUT2D eigenvalue weighted by Crippen LogP contribution is 2.39. The molecular formula is C25H25N3O4S2. The number of hydrogen-bond acceptors (Lipinski definition) is 7. The average Bonchev–Trinajstić information content (AvgIpc) is 3.56. The molecular weight excluding hydrogens is 470 g/mol. The first-order chi connectivity index (χ1) is 16.4. The van der Waals surface area contributed by atoms with Crippen LogP contribution in [-0.2, 0) is 22.7 Å². The first kappa shape index (κ1) is 22.9. The number of benzene rings is 2. The van der Waals surface area contributed by atoms with Gasteiger partial charge in [-0.3, -0.25) is 4.79 Å². The first-order valence-corrected chi connectivity index (χ1v) is 14.0. The summed E-state index contributed by atoms with van der Waals surface area (Å²) in [5.74, 6) is 0.723. The Morgan fingerprint density at radius 3 is 2.74 bits per heavy atom. The van der Waals surface area contributed by atoms with Crippen LogP contribution in [0.4, 0.5) is 0 Å². The van der Waals surface area contributed by atoms with Gasteiger partial charge >= 0.3 is 0 Å². The van der Waals surface area contributed by atoms with E-state index in [4.69, 9.17) is 4.42 Å². The number of H-pyrrole nitrogens is 1. The minimum Gasteiger partial charge on any atom is -0.416 e. The fraction of sp³-hybridized carbons (Fsp3) is 0.320. The van der Waals surface area contributed by atoms with Gasteiger partial charge in [-0.15, -0.1) is 10.2 Å². The molecule has 9 heteroatoms. The summed E-state index contributed by atoms with van der Waals surface area (Å²) >= 11 is 1.22. The summed E-state index contributed by atoms with van der Waals surface area (Å²) in [6.45, 7) is 2.09. The van der Waals surface area contributed by atoms with Crippen LogP contribution in [0.5, 0.6) is 0 Å². The topological polar surface area (TPSA) is 106 Å². The van der Waals surface area contributed by atoms with Gasteiger partial charge in [0, 0.05) is 29.1 Å². The van der Waals surface area contributed by atoms with E-state index < -0.39 is 15.1 Å². The van der Waals surface area contributed by atoms with Gasteiger partial charge in [-0.05, 0) is 41.6 Å². The van der Waals surface area contributed by atoms with E-state index in [1.54, 1.807) is 6.20 Å². The molecule has 1 aliphatic rings. The maximum atomic E-state index is 13.8. The van der Waals surface area contributed by atoms with Crippen LogP contribution in [0.1, 0.15) is 46.0 Å². The van der Waals surface area contributed by atoms with Crippen LogP contribution >= 0.6 is 11.8 Å². The number of carbonyl (C=O) groups is 1. The molecule has 0 saturated carbocycles. The smallest absolute Gasteiger partial charge is 0.277 e. The maximum absolute atomic E-state index is 13.8. The van der Waals surface area contributed by atoms with E-state index in [0.717, 1.165) is 28.5 Å². The summed E-state index contributed by atoms with van der Waals surface area (Å²) in [6.07, 6.45) is 3.69. The highest BCUT2D eigenvalue weighted by atomic mass is 32.2. The first-order valence-electron chi connectivity index (χ1n) is 11.3. The fourth-order valence-electron chi connectivity index (χ4n) is 4.51. The number of ketones is 1. The highest BCUT2D eigenvalue weighted by Gasteiger charge is 2.31. The quantitative estimate of drug-likeness (QED) is 0.276. The van der Waals surface area contributed by atoms with Crippen LogP contribution in [0.3, 0.4) is 0 Å². The van der Waals surface area contributed by atoms with Crippen LogP contribution in [0.15, 0.2) is 64.4 Å². The van der Waals surface area contributed by atoms with Crippen molar-refractivity contribution in [3.8, 4) is 0 Å². The second-order valence-corrected chi connectivity index (χ2v) is 11.9. The fourth-order valence-corrected chi connectivity index (χ4v) is 7.33. The molecule has 0 spiro atoms. The zero-order chi connectivity index (χ0) is 23.7. The molecule has 2 aromatic carbocycles. The molecule has 5 rings (SSSR count). The molecule has 0 amide bonds. The van der Waals surface area contributed by atoms with Gasteiger partial charge in [0.25, 0.3) is 5.22 Å². The zero-order valence-corrected chi connectivity index (χ0v) is 20.4. The van der Waals surface area contributed by atoms with E-state index in [9.17, 15) is 13.2 Å². The molecule has 0 radical (unpaired) electrons. The van der Waals surface area contributed by atoms with E-state index in [1.165, 1.54) is 11.8 Å². The lowest BCUT2D eigenvalue weighted by Crippen LogP contribution is -2.09. The van der Waals surface area contributed by atoms with Gasteiger partial charge in [0.2, 0.25) is 5.89 Å². The number of nitrogens with one attached hydrogen (secondary N) is 1. The number of aromatic nitrogens is 3. The van der Waals surface area contributed by atoms with Gasteiger partial charge in [-0.25, -0.2) is 8.42 Å². The lowest BCUT2D eigenvalue weighted by Gasteiger charge is -2.13. The SMILES string of the molecule is CCc1cccc2c(C(=O)C(Sc3nnc(CC4CCS(=O)(=O)C4)o3)c3ccccc3)c[nH]c12. The molecule has 1 fully saturated rings. The Kier molecular flexibility index (Phi) is 6.31. The van der Waals surface area contributed by atoms with Crippen molar-refractivity contribution in [2.75, 3.05) is 11.5 Å². The number of para-hydroxylation sites is 1. The number of aryl methyl sites for hydroxylation is 1. The second kappa shape index (κ2) is 9.38. The van der Waals surface area contributed by atoms with Crippen molar-refractivity contribution in [1.82, 2.24) is 15.2 Å². The number of fused-ring (bicyclic) bond motifs is 1. The molecule has 1 saturated heterocycles. The molecule has 2 atom stereocenters. The van der Waals surface area contributed by atoms with Gasteiger partial charge < -0.3 is 9.40 Å². The summed E-state index contributed by atoms with van der Waals surface area (Å²) in [5, 5.41) is 8.91. The number of hydrogen-bond donors (Lipinski definition) is 1. The van der Waals surface area contributed by atoms with Crippen molar-refractivity contribution in [2.24, 2.45) is 5.92 Å². The highest BCUT2D eigenvalue weighted by molar-refractivity contribution is 8.00. The minimum atomic E-state index is -2.97. The Hall–Kier alpha value is -2.91. The van der Waals surface area contributed by atoms with Crippen LogP contribution in [0.25, 0.3) is 10.9 Å². The maximum Gasteiger partial charge on any atom is 0.277 e. The molecule has 2 aromatic heterocycles. The van der Waals surface area contributed by atoms with E-state index in [1.807, 2.05) is 42.5 Å². The molecule has 7 nitrogen and oxygen atoms in total. The van der Waals surface area contributed by atoms with Crippen LogP contribution < -0.4 is 0 Å². The van der Waals surface area contributed by atoms with Crippen LogP contribution in [0, 0.1) is 5.92 Å². The summed E-state index contributed by atoms with van der Waals surface area (Å²) in [4.78, 5) is 17.1. The molecule has 1 aliphatic heterocycles. The largest absolute Gasteiger partial charge is 0.416 e. The standard InChI is InChI=1S/C25H25N3O4S2/c1-2-17-9-6-10-19-20(14-26-22(17)19)23(29)24(18-7-4-3-5-8-18)33-25-28-27-21(32-25)13-16-11-12-34(30,31)15-16/h3-10,14,16,24,26H,2,11-13,15H2,1H3. The Balaban J connectivity index is 1.42. The normalized spacial score (nSPS) is 18.3. The number of thioether (sulfide) groups is 1. The van der Waals surface area contributed by atoms with Crippen LogP contribution in [0.2, 0.25) is 0 Å². The van der Waals surface area contributed by atoms with Gasteiger partial charge in [0.1, 0.15) is 5.25 Å². The minimum absolute atomic E-state index is 0.00571. The number of aromatic amines is 1. The van der Waals surface area contributed by atoms with Gasteiger partial charge in [-0.2, -0.15) is 0 Å². The molecule has 0 aliphatic carbocycles. The van der Waals surface area contributed by atoms with Gasteiger partial charge in [0.15, 0.2) is 15.6 Å². The number of carbonyl (C=O) groups excluding carboxylic acids is 1. The molecule has 34 heavy (non-hydrogen) atoms. The number of nitrogens with zero attached hydrogens (tertiary/aromatic N) is 2. The predicted octanol–water partition coefficient (Wildman–Crippen LogP) is 4.81. The molecule has 0 bridgehead atoms. The zero-order valence-electron chi connectivity index (χ0n) is 18.7.